The molecule has 0 bridgehead atoms. The molecule has 3 nitrogen and oxygen atoms in total. The maximum absolute atomic E-state index is 5.38. The first-order valence-electron chi connectivity index (χ1n) is 6.74. The highest BCUT2D eigenvalue weighted by molar-refractivity contribution is 7.98. The van der Waals surface area contributed by atoms with E-state index in [1.807, 2.05) is 23.9 Å². The number of thioether (sulfide) groups is 1. The summed E-state index contributed by atoms with van der Waals surface area (Å²) in [5.41, 5.74) is 2.62. The Morgan fingerprint density at radius 2 is 2.20 bits per heavy atom. The van der Waals surface area contributed by atoms with Crippen LogP contribution in [0.25, 0.3) is 0 Å². The first-order valence-corrected chi connectivity index (χ1v) is 7.72. The number of ether oxygens (including phenoxy) is 1. The third-order valence-corrected chi connectivity index (χ3v) is 4.10. The van der Waals surface area contributed by atoms with Crippen molar-refractivity contribution in [3.8, 4) is 0 Å². The van der Waals surface area contributed by atoms with Crippen LogP contribution in [0, 0.1) is 6.92 Å². The molecule has 0 saturated carbocycles. The Bertz CT molecular complexity index is 511. The largest absolute Gasteiger partial charge is 0.468 e. The maximum Gasteiger partial charge on any atom is 0.113 e. The second-order valence-corrected chi connectivity index (χ2v) is 5.67. The zero-order valence-electron chi connectivity index (χ0n) is 12.0. The molecule has 2 aromatic rings. The van der Waals surface area contributed by atoms with E-state index in [0.29, 0.717) is 0 Å². The van der Waals surface area contributed by atoms with Crippen LogP contribution in [-0.4, -0.2) is 20.3 Å². The van der Waals surface area contributed by atoms with E-state index in [4.69, 9.17) is 9.15 Å². The molecule has 0 saturated heterocycles. The highest BCUT2D eigenvalue weighted by Crippen LogP contribution is 2.27. The summed E-state index contributed by atoms with van der Waals surface area (Å²) in [7, 11) is 1.72. The summed E-state index contributed by atoms with van der Waals surface area (Å²) in [5.74, 6) is 1.87. The number of rotatable bonds is 8. The zero-order valence-corrected chi connectivity index (χ0v) is 12.8. The number of hydrogen-bond acceptors (Lipinski definition) is 4. The monoisotopic (exact) mass is 291 g/mol. The molecule has 1 aromatic heterocycles. The van der Waals surface area contributed by atoms with E-state index >= 15 is 0 Å². The molecule has 0 radical (unpaired) electrons. The third kappa shape index (κ3) is 4.71. The smallest absolute Gasteiger partial charge is 0.113 e. The molecular weight excluding hydrogens is 270 g/mol. The van der Waals surface area contributed by atoms with Crippen LogP contribution in [0.15, 0.2) is 45.9 Å². The van der Waals surface area contributed by atoms with Gasteiger partial charge in [0.2, 0.25) is 0 Å². The summed E-state index contributed by atoms with van der Waals surface area (Å²) in [6.07, 6.45) is 1.72. The van der Waals surface area contributed by atoms with Crippen LogP contribution in [0.4, 0.5) is 0 Å². The molecule has 0 amide bonds. The van der Waals surface area contributed by atoms with Crippen molar-refractivity contribution in [2.24, 2.45) is 0 Å². The van der Waals surface area contributed by atoms with Gasteiger partial charge in [0.25, 0.3) is 0 Å². The van der Waals surface area contributed by atoms with Gasteiger partial charge in [-0.1, -0.05) is 17.7 Å². The van der Waals surface area contributed by atoms with Gasteiger partial charge in [0.15, 0.2) is 0 Å². The van der Waals surface area contributed by atoms with Gasteiger partial charge in [0, 0.05) is 25.1 Å². The lowest BCUT2D eigenvalue weighted by Crippen LogP contribution is -2.19. The van der Waals surface area contributed by atoms with E-state index < -0.39 is 0 Å². The zero-order chi connectivity index (χ0) is 14.2. The predicted molar refractivity (Wildman–Crippen MR) is 83.0 cm³/mol. The van der Waals surface area contributed by atoms with Gasteiger partial charge in [-0.15, -0.1) is 11.8 Å². The van der Waals surface area contributed by atoms with E-state index in [9.17, 15) is 0 Å². The molecular formula is C16H21NO2S. The Balaban J connectivity index is 1.95. The van der Waals surface area contributed by atoms with Crippen LogP contribution in [0.3, 0.4) is 0 Å². The molecule has 0 fully saturated rings. The average Bonchev–Trinajstić information content (AvgIpc) is 2.96. The van der Waals surface area contributed by atoms with Crippen LogP contribution in [-0.2, 0) is 17.0 Å². The highest BCUT2D eigenvalue weighted by atomic mass is 32.2. The van der Waals surface area contributed by atoms with Crippen LogP contribution in [0.2, 0.25) is 0 Å². The van der Waals surface area contributed by atoms with Gasteiger partial charge in [0.1, 0.15) is 5.76 Å². The van der Waals surface area contributed by atoms with Gasteiger partial charge >= 0.3 is 0 Å². The Labute approximate surface area is 124 Å². The van der Waals surface area contributed by atoms with Gasteiger partial charge in [-0.05, 0) is 30.7 Å². The second kappa shape index (κ2) is 8.15. The SMILES string of the molecule is COCCNCc1cc(C)ccc1SCc1ccco1. The minimum Gasteiger partial charge on any atom is -0.468 e. The predicted octanol–water partition coefficient (Wildman–Crippen LogP) is 3.62. The lowest BCUT2D eigenvalue weighted by Gasteiger charge is -2.11. The van der Waals surface area contributed by atoms with Crippen molar-refractivity contribution in [3.05, 3.63) is 53.5 Å². The van der Waals surface area contributed by atoms with E-state index in [-0.39, 0.29) is 0 Å². The summed E-state index contributed by atoms with van der Waals surface area (Å²) in [6, 6.07) is 10.5. The molecule has 0 unspecified atom stereocenters. The van der Waals surface area contributed by atoms with E-state index in [1.165, 1.54) is 16.0 Å². The molecule has 0 atom stereocenters. The fourth-order valence-electron chi connectivity index (χ4n) is 1.93. The molecule has 4 heteroatoms. The van der Waals surface area contributed by atoms with Crippen molar-refractivity contribution in [2.75, 3.05) is 20.3 Å². The summed E-state index contributed by atoms with van der Waals surface area (Å²) in [4.78, 5) is 1.30. The lowest BCUT2D eigenvalue weighted by atomic mass is 10.1. The van der Waals surface area contributed by atoms with Gasteiger partial charge in [-0.25, -0.2) is 0 Å². The van der Waals surface area contributed by atoms with Crippen LogP contribution in [0.1, 0.15) is 16.9 Å². The normalized spacial score (nSPS) is 10.9. The number of furan rings is 1. The molecule has 0 aliphatic heterocycles. The van der Waals surface area contributed by atoms with Gasteiger partial charge in [-0.2, -0.15) is 0 Å². The van der Waals surface area contributed by atoms with E-state index in [2.05, 4.69) is 30.4 Å². The minimum absolute atomic E-state index is 0.737. The molecule has 20 heavy (non-hydrogen) atoms. The van der Waals surface area contributed by atoms with Gasteiger partial charge in [0.05, 0.1) is 18.6 Å². The Morgan fingerprint density at radius 3 is 2.95 bits per heavy atom. The fraction of sp³-hybridized carbons (Fsp3) is 0.375. The van der Waals surface area contributed by atoms with Crippen molar-refractivity contribution in [2.45, 2.75) is 24.1 Å². The highest BCUT2D eigenvalue weighted by Gasteiger charge is 2.05. The Hall–Kier alpha value is -1.23. The number of methoxy groups -OCH3 is 1. The van der Waals surface area contributed by atoms with Crippen molar-refractivity contribution in [1.82, 2.24) is 5.32 Å². The molecule has 2 rings (SSSR count). The van der Waals surface area contributed by atoms with E-state index in [1.54, 1.807) is 13.4 Å². The lowest BCUT2D eigenvalue weighted by molar-refractivity contribution is 0.199. The second-order valence-electron chi connectivity index (χ2n) is 4.65. The van der Waals surface area contributed by atoms with Crippen molar-refractivity contribution in [3.63, 3.8) is 0 Å². The molecule has 0 aliphatic rings. The van der Waals surface area contributed by atoms with Crippen LogP contribution >= 0.6 is 11.8 Å². The van der Waals surface area contributed by atoms with Gasteiger partial charge < -0.3 is 14.5 Å². The molecule has 1 heterocycles. The quantitative estimate of drug-likeness (QED) is 0.595. The number of nitrogens with one attached hydrogen (secondary N) is 1. The van der Waals surface area contributed by atoms with Crippen molar-refractivity contribution >= 4 is 11.8 Å². The van der Waals surface area contributed by atoms with E-state index in [0.717, 1.165) is 31.2 Å². The molecule has 0 aliphatic carbocycles. The number of aryl methyl sites for hydroxylation is 1. The minimum atomic E-state index is 0.737. The van der Waals surface area contributed by atoms with Crippen molar-refractivity contribution in [1.29, 1.82) is 0 Å². The molecule has 1 N–H and O–H groups in total. The molecule has 1 aromatic carbocycles. The standard InChI is InChI=1S/C16H21NO2S/c1-13-5-6-16(20-12-15-4-3-8-19-15)14(10-13)11-17-7-9-18-2/h3-6,8,10,17H,7,9,11-12H2,1-2H3. The fourth-order valence-corrected chi connectivity index (χ4v) is 2.87. The third-order valence-electron chi connectivity index (χ3n) is 2.96. The maximum atomic E-state index is 5.38. The Kier molecular flexibility index (Phi) is 6.18. The average molecular weight is 291 g/mol. The number of benzene rings is 1. The van der Waals surface area contributed by atoms with Crippen molar-refractivity contribution < 1.29 is 9.15 Å². The summed E-state index contributed by atoms with van der Waals surface area (Å²) >= 11 is 1.81. The summed E-state index contributed by atoms with van der Waals surface area (Å²) in [5, 5.41) is 3.40. The molecule has 108 valence electrons. The topological polar surface area (TPSA) is 34.4 Å². The Morgan fingerprint density at radius 1 is 1.30 bits per heavy atom. The summed E-state index contributed by atoms with van der Waals surface area (Å²) in [6.45, 7) is 4.60. The molecule has 0 spiro atoms. The van der Waals surface area contributed by atoms with Crippen LogP contribution in [0.5, 0.6) is 0 Å². The number of hydrogen-bond donors (Lipinski definition) is 1. The first-order chi connectivity index (χ1) is 9.79. The van der Waals surface area contributed by atoms with Gasteiger partial charge in [-0.3, -0.25) is 0 Å². The summed E-state index contributed by atoms with van der Waals surface area (Å²) < 4.78 is 10.4. The first kappa shape index (κ1) is 15.2. The van der Waals surface area contributed by atoms with Crippen LogP contribution < -0.4 is 5.32 Å².